The molecule has 0 radical (unpaired) electrons. The van der Waals surface area contributed by atoms with E-state index in [2.05, 4.69) is 10.1 Å². The first kappa shape index (κ1) is 33.9. The van der Waals surface area contributed by atoms with Crippen molar-refractivity contribution in [2.45, 2.75) is 44.8 Å². The highest BCUT2D eigenvalue weighted by molar-refractivity contribution is 6.24. The third-order valence-electron chi connectivity index (χ3n) is 8.87. The van der Waals surface area contributed by atoms with Gasteiger partial charge in [-0.1, -0.05) is 25.6 Å². The molecule has 0 saturated heterocycles. The number of aliphatic hydroxyl groups excluding tert-OH is 2. The molecule has 0 aromatic heterocycles. The van der Waals surface area contributed by atoms with E-state index in [0.29, 0.717) is 22.4 Å². The van der Waals surface area contributed by atoms with Crippen molar-refractivity contribution in [1.29, 1.82) is 0 Å². The van der Waals surface area contributed by atoms with Crippen LogP contribution in [0.15, 0.2) is 53.3 Å². The molecule has 0 spiro atoms. The van der Waals surface area contributed by atoms with Gasteiger partial charge in [0.2, 0.25) is 11.7 Å². The molecule has 1 fully saturated rings. The number of ketones is 2. The molecule has 4 atom stereocenters. The number of fused-ring (bicyclic) bond motifs is 3. The Hall–Kier alpha value is -5.01. The fraction of sp³-hybridized carbons (Fsp3) is 0.364. The molecule has 0 aliphatic heterocycles. The molecule has 244 valence electrons. The Morgan fingerprint density at radius 1 is 1.04 bits per heavy atom. The number of nitrogens with zero attached hydrogens (tertiary/aromatic N) is 1. The number of hydrogen-bond acceptors (Lipinski definition) is 11. The number of nitrogens with two attached hydrogens (primary N) is 1. The van der Waals surface area contributed by atoms with E-state index >= 15 is 0 Å². The number of Topliss-reactive ketones (excluding diaryl/α,β-unsaturated/α-hetero) is 2. The van der Waals surface area contributed by atoms with Crippen LogP contribution in [0.2, 0.25) is 0 Å². The number of phenolic OH excluding ortho intramolecular Hbond substituents is 1. The summed E-state index contributed by atoms with van der Waals surface area (Å²) in [5.74, 6) is -8.03. The van der Waals surface area contributed by atoms with Crippen LogP contribution in [0.1, 0.15) is 37.8 Å². The molecule has 2 amide bonds. The average molecular weight is 636 g/mol. The lowest BCUT2D eigenvalue weighted by Gasteiger charge is -2.50. The summed E-state index contributed by atoms with van der Waals surface area (Å²) in [7, 11) is 4.31. The smallest absolute Gasteiger partial charge is 0.306 e. The Bertz CT molecular complexity index is 1710. The second-order valence-electron chi connectivity index (χ2n) is 11.6. The van der Waals surface area contributed by atoms with Crippen LogP contribution in [0.25, 0.3) is 16.9 Å². The molecule has 7 N–H and O–H groups in total. The Morgan fingerprint density at radius 2 is 1.70 bits per heavy atom. The van der Waals surface area contributed by atoms with Gasteiger partial charge < -0.3 is 36.2 Å². The van der Waals surface area contributed by atoms with Crippen molar-refractivity contribution in [3.63, 3.8) is 0 Å². The standard InChI is InChI=1S/C32H33N3O10.CH4/c1-35(2)26-19-13-15-12-18-17(14-4-6-16(7-5-14)34-21(37)10-11-22(38)45-3)8-9-20(36)24(18)27(39)23(15)29(41)32(19,44)30(42)25(28(26)40)31(33)43;/h4-9,15,19,26,36,39,42,44H,10-13H2,1-3H3,(H2,33,43)(H,34,37);1H4/t15-,19-,26-,32-;/m0./s1. The van der Waals surface area contributed by atoms with Gasteiger partial charge in [-0.2, -0.15) is 0 Å². The van der Waals surface area contributed by atoms with Crippen molar-refractivity contribution in [2.24, 2.45) is 17.6 Å². The number of benzene rings is 2. The summed E-state index contributed by atoms with van der Waals surface area (Å²) in [6.45, 7) is 0. The zero-order valence-corrected chi connectivity index (χ0v) is 24.8. The van der Waals surface area contributed by atoms with Crippen LogP contribution in [0.5, 0.6) is 5.75 Å². The number of phenols is 1. The van der Waals surface area contributed by atoms with Gasteiger partial charge in [0.1, 0.15) is 22.8 Å². The fourth-order valence-electron chi connectivity index (χ4n) is 6.79. The van der Waals surface area contributed by atoms with Crippen LogP contribution in [-0.2, 0) is 35.1 Å². The molecule has 5 rings (SSSR count). The lowest BCUT2D eigenvalue weighted by molar-refractivity contribution is -0.153. The van der Waals surface area contributed by atoms with Gasteiger partial charge >= 0.3 is 5.97 Å². The number of aromatic hydroxyl groups is 1. The van der Waals surface area contributed by atoms with Gasteiger partial charge in [0, 0.05) is 23.6 Å². The van der Waals surface area contributed by atoms with E-state index < -0.39 is 64.0 Å². The van der Waals surface area contributed by atoms with Crippen molar-refractivity contribution in [3.8, 4) is 16.9 Å². The number of methoxy groups -OCH3 is 1. The van der Waals surface area contributed by atoms with Crippen LogP contribution in [0, 0.1) is 11.8 Å². The molecule has 0 unspecified atom stereocenters. The number of hydrogen-bond donors (Lipinski definition) is 6. The van der Waals surface area contributed by atoms with Crippen molar-refractivity contribution in [1.82, 2.24) is 4.90 Å². The Labute approximate surface area is 265 Å². The van der Waals surface area contributed by atoms with Gasteiger partial charge in [-0.3, -0.25) is 28.9 Å². The molecular formula is C33H37N3O10. The minimum absolute atomic E-state index is 0. The first-order valence-electron chi connectivity index (χ1n) is 14.2. The van der Waals surface area contributed by atoms with Gasteiger partial charge in [0.05, 0.1) is 25.1 Å². The molecule has 0 heterocycles. The number of rotatable bonds is 7. The summed E-state index contributed by atoms with van der Waals surface area (Å²) in [4.78, 5) is 64.4. The van der Waals surface area contributed by atoms with E-state index in [0.717, 1.165) is 0 Å². The first-order chi connectivity index (χ1) is 21.2. The largest absolute Gasteiger partial charge is 0.508 e. The van der Waals surface area contributed by atoms with Crippen LogP contribution in [0.4, 0.5) is 5.69 Å². The van der Waals surface area contributed by atoms with E-state index in [4.69, 9.17) is 5.73 Å². The minimum Gasteiger partial charge on any atom is -0.508 e. The summed E-state index contributed by atoms with van der Waals surface area (Å²) in [6, 6.07) is 8.57. The monoisotopic (exact) mass is 635 g/mol. The Morgan fingerprint density at radius 3 is 2.28 bits per heavy atom. The molecule has 13 heteroatoms. The molecule has 2 aromatic carbocycles. The fourth-order valence-corrected chi connectivity index (χ4v) is 6.79. The topological polar surface area (TPSA) is 217 Å². The summed E-state index contributed by atoms with van der Waals surface area (Å²) in [6.07, 6.45) is -0.0178. The molecule has 13 nitrogen and oxygen atoms in total. The Kier molecular flexibility index (Phi) is 9.14. The predicted molar refractivity (Wildman–Crippen MR) is 166 cm³/mol. The maximum absolute atomic E-state index is 14.0. The Balaban J connectivity index is 0.00000480. The maximum Gasteiger partial charge on any atom is 0.306 e. The van der Waals surface area contributed by atoms with E-state index in [-0.39, 0.29) is 55.9 Å². The molecule has 2 aromatic rings. The van der Waals surface area contributed by atoms with Crippen LogP contribution in [0.3, 0.4) is 0 Å². The van der Waals surface area contributed by atoms with Crippen molar-refractivity contribution < 1.29 is 49.1 Å². The summed E-state index contributed by atoms with van der Waals surface area (Å²) >= 11 is 0. The van der Waals surface area contributed by atoms with Gasteiger partial charge in [0.15, 0.2) is 11.4 Å². The van der Waals surface area contributed by atoms with Crippen molar-refractivity contribution in [3.05, 3.63) is 64.4 Å². The number of nitrogens with one attached hydrogen (secondary N) is 1. The van der Waals surface area contributed by atoms with Gasteiger partial charge in [0.25, 0.3) is 5.91 Å². The zero-order valence-electron chi connectivity index (χ0n) is 24.8. The summed E-state index contributed by atoms with van der Waals surface area (Å²) in [5.41, 5.74) is 3.79. The molecule has 0 bridgehead atoms. The number of likely N-dealkylation sites (N-methyl/N-ethyl adjacent to an activating group) is 1. The lowest BCUT2D eigenvalue weighted by Crippen LogP contribution is -2.65. The molecular weight excluding hydrogens is 598 g/mol. The van der Waals surface area contributed by atoms with Gasteiger partial charge in [-0.25, -0.2) is 0 Å². The predicted octanol–water partition coefficient (Wildman–Crippen LogP) is 2.16. The highest BCUT2D eigenvalue weighted by atomic mass is 16.5. The van der Waals surface area contributed by atoms with Crippen LogP contribution >= 0.6 is 0 Å². The minimum atomic E-state index is -2.71. The SMILES string of the molecule is C.COC(=O)CCC(=O)Nc1ccc(-c2ccc(O)c3c2C[C@H]2C[C@H]4[C@H](N(C)C)C(=O)C(C(N)=O)=C(O)[C@@]4(O)C(=O)C2=C3O)cc1. The number of primary amides is 1. The summed E-state index contributed by atoms with van der Waals surface area (Å²) < 4.78 is 4.55. The highest BCUT2D eigenvalue weighted by Gasteiger charge is 2.64. The highest BCUT2D eigenvalue weighted by Crippen LogP contribution is 2.53. The maximum atomic E-state index is 14.0. The molecule has 46 heavy (non-hydrogen) atoms. The third kappa shape index (κ3) is 5.31. The van der Waals surface area contributed by atoms with Gasteiger partial charge in [-0.05, 0) is 67.7 Å². The quantitative estimate of drug-likeness (QED) is 0.191. The first-order valence-corrected chi connectivity index (χ1v) is 14.2. The molecule has 3 aliphatic rings. The van der Waals surface area contributed by atoms with E-state index in [1.54, 1.807) is 30.3 Å². The molecule has 1 saturated carbocycles. The molecule has 3 aliphatic carbocycles. The number of esters is 1. The van der Waals surface area contributed by atoms with Gasteiger partial charge in [-0.15, -0.1) is 0 Å². The van der Waals surface area contributed by atoms with E-state index in [1.807, 2.05) is 0 Å². The van der Waals surface area contributed by atoms with Crippen molar-refractivity contribution >= 4 is 40.8 Å². The van der Waals surface area contributed by atoms with Crippen molar-refractivity contribution in [2.75, 3.05) is 26.5 Å². The van der Waals surface area contributed by atoms with Crippen LogP contribution in [-0.4, -0.2) is 87.5 Å². The average Bonchev–Trinajstić information content (AvgIpc) is 2.98. The number of carbonyl (C=O) groups is 5. The zero-order chi connectivity index (χ0) is 33.0. The summed E-state index contributed by atoms with van der Waals surface area (Å²) in [5, 5.41) is 47.7. The number of amides is 2. The van der Waals surface area contributed by atoms with Crippen LogP contribution < -0.4 is 11.1 Å². The second kappa shape index (κ2) is 12.4. The third-order valence-corrected chi connectivity index (χ3v) is 8.87. The van der Waals surface area contributed by atoms with E-state index in [9.17, 15) is 44.4 Å². The number of aliphatic hydroxyl groups is 3. The number of carbonyl (C=O) groups excluding carboxylic acids is 5. The normalized spacial score (nSPS) is 23.6. The number of anilines is 1. The van der Waals surface area contributed by atoms with E-state index in [1.165, 1.54) is 32.2 Å². The second-order valence-corrected chi connectivity index (χ2v) is 11.6. The lowest BCUT2D eigenvalue weighted by atomic mass is 9.57. The number of ether oxygens (including phenoxy) is 1.